The summed E-state index contributed by atoms with van der Waals surface area (Å²) in [6.45, 7) is 18.2. The van der Waals surface area contributed by atoms with Gasteiger partial charge in [0.2, 0.25) is 0 Å². The maximum absolute atomic E-state index is 11.8. The summed E-state index contributed by atoms with van der Waals surface area (Å²) < 4.78 is 6.54. The van der Waals surface area contributed by atoms with E-state index in [1.165, 1.54) is 50.2 Å². The van der Waals surface area contributed by atoms with E-state index in [0.29, 0.717) is 18.9 Å². The highest BCUT2D eigenvalue weighted by Gasteiger charge is 2.56. The first-order valence-corrected chi connectivity index (χ1v) is 10.8. The van der Waals surface area contributed by atoms with Crippen LogP contribution in [-0.4, -0.2) is 109 Å². The number of nitrogens with zero attached hydrogens (tertiary/aromatic N) is 4. The van der Waals surface area contributed by atoms with Crippen LogP contribution in [0.15, 0.2) is 0 Å². The lowest BCUT2D eigenvalue weighted by Gasteiger charge is -2.56. The van der Waals surface area contributed by atoms with Gasteiger partial charge in [-0.25, -0.2) is 9.69 Å². The molecule has 0 bridgehead atoms. The van der Waals surface area contributed by atoms with Crippen molar-refractivity contribution in [3.8, 4) is 0 Å². The van der Waals surface area contributed by atoms with Crippen LogP contribution in [0.2, 0.25) is 0 Å². The van der Waals surface area contributed by atoms with E-state index in [-0.39, 0.29) is 6.09 Å². The Balaban J connectivity index is 1.56. The molecule has 3 saturated heterocycles. The van der Waals surface area contributed by atoms with Gasteiger partial charge in [-0.15, -0.1) is 0 Å². The van der Waals surface area contributed by atoms with Gasteiger partial charge in [-0.2, -0.15) is 0 Å². The standard InChI is InChI=1S/C20H39N5O2/c1-6-9-22-13-15-25(5)16-14-24-12-11-23(17(22)18(24)25)10-7-8-21-19(26)27-20(2,3)4/h17-18H,6-16H2,1-5H3/p+1. The molecule has 3 heterocycles. The Morgan fingerprint density at radius 3 is 2.52 bits per heavy atom. The molecule has 156 valence electrons. The van der Waals surface area contributed by atoms with Crippen molar-refractivity contribution < 1.29 is 14.0 Å². The summed E-state index contributed by atoms with van der Waals surface area (Å²) >= 11 is 0. The van der Waals surface area contributed by atoms with Crippen molar-refractivity contribution in [3.63, 3.8) is 0 Å². The van der Waals surface area contributed by atoms with E-state index in [0.717, 1.165) is 19.5 Å². The minimum Gasteiger partial charge on any atom is -0.444 e. The van der Waals surface area contributed by atoms with Crippen LogP contribution in [0.3, 0.4) is 0 Å². The van der Waals surface area contributed by atoms with E-state index in [1.807, 2.05) is 20.8 Å². The fourth-order valence-corrected chi connectivity index (χ4v) is 5.06. The molecular formula is C20H40N5O2+. The van der Waals surface area contributed by atoms with Gasteiger partial charge < -0.3 is 14.5 Å². The van der Waals surface area contributed by atoms with Gasteiger partial charge in [0.25, 0.3) is 0 Å². The molecular weight excluding hydrogens is 342 g/mol. The molecule has 7 nitrogen and oxygen atoms in total. The van der Waals surface area contributed by atoms with Crippen LogP contribution in [0, 0.1) is 0 Å². The summed E-state index contributed by atoms with van der Waals surface area (Å²) in [6, 6.07) is 0. The first kappa shape index (κ1) is 20.8. The lowest BCUT2D eigenvalue weighted by Crippen LogP contribution is -2.75. The lowest BCUT2D eigenvalue weighted by atomic mass is 10.1. The maximum atomic E-state index is 11.8. The smallest absolute Gasteiger partial charge is 0.407 e. The average Bonchev–Trinajstić information content (AvgIpc) is 2.92. The minimum absolute atomic E-state index is 0.308. The monoisotopic (exact) mass is 382 g/mol. The normalized spacial score (nSPS) is 32.3. The summed E-state index contributed by atoms with van der Waals surface area (Å²) in [5, 5.41) is 2.91. The largest absolute Gasteiger partial charge is 0.444 e. The van der Waals surface area contributed by atoms with Crippen molar-refractivity contribution in [2.75, 3.05) is 66.0 Å². The number of nitrogens with one attached hydrogen (secondary N) is 1. The van der Waals surface area contributed by atoms with E-state index in [1.54, 1.807) is 0 Å². The predicted octanol–water partition coefficient (Wildman–Crippen LogP) is 1.36. The molecule has 0 aromatic carbocycles. The number of hydrogen-bond acceptors (Lipinski definition) is 5. The number of carbonyl (C=O) groups is 1. The predicted molar refractivity (Wildman–Crippen MR) is 107 cm³/mol. The second-order valence-corrected chi connectivity index (χ2v) is 9.64. The van der Waals surface area contributed by atoms with Gasteiger partial charge in [0.1, 0.15) is 11.8 Å². The highest BCUT2D eigenvalue weighted by atomic mass is 16.6. The van der Waals surface area contributed by atoms with Gasteiger partial charge in [-0.3, -0.25) is 9.80 Å². The van der Waals surface area contributed by atoms with Crippen molar-refractivity contribution >= 4 is 6.09 Å². The fourth-order valence-electron chi connectivity index (χ4n) is 5.06. The van der Waals surface area contributed by atoms with Crippen molar-refractivity contribution in [2.24, 2.45) is 0 Å². The molecule has 0 saturated carbocycles. The molecule has 0 radical (unpaired) electrons. The molecule has 0 spiro atoms. The number of quaternary nitrogens is 1. The Hall–Kier alpha value is -0.890. The summed E-state index contributed by atoms with van der Waals surface area (Å²) in [6.07, 6.45) is 2.99. The number of alkyl carbamates (subject to hydrolysis) is 1. The number of carbonyl (C=O) groups excluding carboxylic acids is 1. The van der Waals surface area contributed by atoms with Crippen molar-refractivity contribution in [3.05, 3.63) is 0 Å². The van der Waals surface area contributed by atoms with Crippen LogP contribution in [0.5, 0.6) is 0 Å². The second kappa shape index (κ2) is 8.23. The number of likely N-dealkylation sites (N-methyl/N-ethyl adjacent to an activating group) is 1. The Labute approximate surface area is 165 Å². The fraction of sp³-hybridized carbons (Fsp3) is 0.950. The molecule has 3 atom stereocenters. The Kier molecular flexibility index (Phi) is 6.35. The van der Waals surface area contributed by atoms with E-state index < -0.39 is 5.60 Å². The average molecular weight is 383 g/mol. The maximum Gasteiger partial charge on any atom is 0.407 e. The first-order valence-electron chi connectivity index (χ1n) is 10.8. The third-order valence-corrected chi connectivity index (χ3v) is 6.30. The molecule has 3 aliphatic rings. The van der Waals surface area contributed by atoms with Crippen molar-refractivity contribution in [1.82, 2.24) is 20.0 Å². The number of rotatable bonds is 6. The van der Waals surface area contributed by atoms with E-state index in [2.05, 4.69) is 34.0 Å². The number of ether oxygens (including phenoxy) is 1. The highest BCUT2D eigenvalue weighted by Crippen LogP contribution is 2.35. The molecule has 3 aliphatic heterocycles. The van der Waals surface area contributed by atoms with Gasteiger partial charge in [0.15, 0.2) is 6.17 Å². The van der Waals surface area contributed by atoms with Crippen LogP contribution in [0.25, 0.3) is 0 Å². The van der Waals surface area contributed by atoms with Crippen LogP contribution in [0.1, 0.15) is 40.5 Å². The van der Waals surface area contributed by atoms with Crippen LogP contribution in [0.4, 0.5) is 4.79 Å². The van der Waals surface area contributed by atoms with Crippen LogP contribution < -0.4 is 5.32 Å². The van der Waals surface area contributed by atoms with E-state index >= 15 is 0 Å². The molecule has 27 heavy (non-hydrogen) atoms. The number of hydrogen-bond donors (Lipinski definition) is 1. The zero-order chi connectivity index (χ0) is 19.7. The van der Waals surface area contributed by atoms with Crippen molar-refractivity contribution in [1.29, 1.82) is 0 Å². The van der Waals surface area contributed by atoms with Gasteiger partial charge in [-0.1, -0.05) is 6.92 Å². The summed E-state index contributed by atoms with van der Waals surface area (Å²) in [4.78, 5) is 20.0. The lowest BCUT2D eigenvalue weighted by molar-refractivity contribution is -0.937. The SMILES string of the molecule is CCCN1CC[N+]2(C)CCN3CCN(CCCNC(=O)OC(C)(C)C)C1C32. The van der Waals surface area contributed by atoms with Crippen molar-refractivity contribution in [2.45, 2.75) is 58.5 Å². The zero-order valence-corrected chi connectivity index (χ0v) is 18.0. The minimum atomic E-state index is -0.436. The molecule has 7 heteroatoms. The zero-order valence-electron chi connectivity index (χ0n) is 18.0. The molecule has 0 aromatic rings. The summed E-state index contributed by atoms with van der Waals surface area (Å²) in [5.74, 6) is 0. The van der Waals surface area contributed by atoms with Gasteiger partial charge in [0.05, 0.1) is 26.7 Å². The first-order chi connectivity index (χ1) is 12.7. The third kappa shape index (κ3) is 4.75. The molecule has 0 aliphatic carbocycles. The molecule has 1 N–H and O–H groups in total. The quantitative estimate of drug-likeness (QED) is 0.555. The Morgan fingerprint density at radius 1 is 1.11 bits per heavy atom. The third-order valence-electron chi connectivity index (χ3n) is 6.30. The molecule has 3 unspecified atom stereocenters. The van der Waals surface area contributed by atoms with E-state index in [4.69, 9.17) is 4.74 Å². The highest BCUT2D eigenvalue weighted by molar-refractivity contribution is 5.67. The molecule has 0 aromatic heterocycles. The second-order valence-electron chi connectivity index (χ2n) is 9.64. The molecule has 1 amide bonds. The molecule has 3 rings (SSSR count). The Morgan fingerprint density at radius 2 is 1.81 bits per heavy atom. The summed E-state index contributed by atoms with van der Waals surface area (Å²) in [7, 11) is 2.45. The number of amides is 1. The Bertz CT molecular complexity index is 523. The van der Waals surface area contributed by atoms with Gasteiger partial charge >= 0.3 is 6.09 Å². The molecule has 3 fully saturated rings. The van der Waals surface area contributed by atoms with Gasteiger partial charge in [-0.05, 0) is 40.2 Å². The van der Waals surface area contributed by atoms with E-state index in [9.17, 15) is 4.79 Å². The van der Waals surface area contributed by atoms with Crippen LogP contribution >= 0.6 is 0 Å². The van der Waals surface area contributed by atoms with Gasteiger partial charge in [0, 0.05) is 32.7 Å². The summed E-state index contributed by atoms with van der Waals surface area (Å²) in [5.41, 5.74) is -0.436. The number of piperazine rings is 2. The van der Waals surface area contributed by atoms with Crippen LogP contribution in [-0.2, 0) is 4.74 Å². The topological polar surface area (TPSA) is 48.0 Å².